The van der Waals surface area contributed by atoms with Gasteiger partial charge in [0.05, 0.1) is 7.11 Å². The molecule has 0 amide bonds. The third-order valence-electron chi connectivity index (χ3n) is 2.18. The van der Waals surface area contributed by atoms with Gasteiger partial charge in [-0.1, -0.05) is 41.4 Å². The first-order valence-electron chi connectivity index (χ1n) is 4.67. The Bertz CT molecular complexity index is 494. The number of para-hydroxylation sites is 1. The van der Waals surface area contributed by atoms with Crippen molar-refractivity contribution in [1.82, 2.24) is 4.98 Å². The molecule has 0 saturated carbocycles. The molecule has 0 radical (unpaired) electrons. The summed E-state index contributed by atoms with van der Waals surface area (Å²) in [6, 6.07) is 11.2. The molecule has 0 saturated heterocycles. The van der Waals surface area contributed by atoms with Gasteiger partial charge in [0.1, 0.15) is 16.1 Å². The lowest BCUT2D eigenvalue weighted by molar-refractivity contribution is 0.416. The summed E-state index contributed by atoms with van der Waals surface area (Å²) in [6.07, 6.45) is 0. The topological polar surface area (TPSA) is 22.1 Å². The first-order valence-corrected chi connectivity index (χ1v) is 5.43. The SMILES string of the molecule is COc1ccccc1-c1cc(Cl)nc(Cl)c1. The van der Waals surface area contributed by atoms with E-state index in [0.29, 0.717) is 10.3 Å². The highest BCUT2D eigenvalue weighted by Crippen LogP contribution is 2.31. The number of hydrogen-bond acceptors (Lipinski definition) is 2. The molecule has 0 aliphatic heterocycles. The van der Waals surface area contributed by atoms with Gasteiger partial charge in [-0.2, -0.15) is 0 Å². The van der Waals surface area contributed by atoms with E-state index in [1.807, 2.05) is 24.3 Å². The smallest absolute Gasteiger partial charge is 0.131 e. The summed E-state index contributed by atoms with van der Waals surface area (Å²) >= 11 is 11.7. The quantitative estimate of drug-likeness (QED) is 0.754. The van der Waals surface area contributed by atoms with Gasteiger partial charge in [0.25, 0.3) is 0 Å². The van der Waals surface area contributed by atoms with Gasteiger partial charge < -0.3 is 4.74 Å². The minimum absolute atomic E-state index is 0.369. The molecule has 0 N–H and O–H groups in total. The van der Waals surface area contributed by atoms with Crippen LogP contribution < -0.4 is 4.74 Å². The predicted molar refractivity (Wildman–Crippen MR) is 66.2 cm³/mol. The third-order valence-corrected chi connectivity index (χ3v) is 2.57. The normalized spacial score (nSPS) is 10.2. The van der Waals surface area contributed by atoms with Crippen LogP contribution in [0.4, 0.5) is 0 Å². The second-order valence-electron chi connectivity index (χ2n) is 3.20. The Labute approximate surface area is 104 Å². The van der Waals surface area contributed by atoms with Crippen LogP contribution in [0.5, 0.6) is 5.75 Å². The fraction of sp³-hybridized carbons (Fsp3) is 0.0833. The van der Waals surface area contributed by atoms with Gasteiger partial charge in [0.15, 0.2) is 0 Å². The summed E-state index contributed by atoms with van der Waals surface area (Å²) in [5.74, 6) is 0.779. The minimum atomic E-state index is 0.369. The third kappa shape index (κ3) is 2.29. The van der Waals surface area contributed by atoms with E-state index in [1.165, 1.54) is 0 Å². The molecule has 1 heterocycles. The Kier molecular flexibility index (Phi) is 3.32. The highest BCUT2D eigenvalue weighted by atomic mass is 35.5. The van der Waals surface area contributed by atoms with Crippen molar-refractivity contribution >= 4 is 23.2 Å². The summed E-state index contributed by atoms with van der Waals surface area (Å²) in [6.45, 7) is 0. The summed E-state index contributed by atoms with van der Waals surface area (Å²) in [7, 11) is 1.63. The molecule has 1 aromatic carbocycles. The van der Waals surface area contributed by atoms with Gasteiger partial charge in [-0.25, -0.2) is 4.98 Å². The second-order valence-corrected chi connectivity index (χ2v) is 3.98. The molecule has 0 atom stereocenters. The van der Waals surface area contributed by atoms with Crippen LogP contribution in [0, 0.1) is 0 Å². The average Bonchev–Trinajstić information content (AvgIpc) is 2.27. The zero-order valence-electron chi connectivity index (χ0n) is 8.58. The maximum atomic E-state index is 5.86. The van der Waals surface area contributed by atoms with E-state index in [2.05, 4.69) is 4.98 Å². The summed E-state index contributed by atoms with van der Waals surface area (Å²) in [5, 5.41) is 0.738. The van der Waals surface area contributed by atoms with Crippen molar-refractivity contribution in [1.29, 1.82) is 0 Å². The molecule has 0 aliphatic rings. The standard InChI is InChI=1S/C12H9Cl2NO/c1-16-10-5-3-2-4-9(10)8-6-11(13)15-12(14)7-8/h2-7H,1H3. The second kappa shape index (κ2) is 4.73. The first kappa shape index (κ1) is 11.2. The molecular weight excluding hydrogens is 245 g/mol. The predicted octanol–water partition coefficient (Wildman–Crippen LogP) is 4.06. The Morgan fingerprint density at radius 3 is 2.31 bits per heavy atom. The Morgan fingerprint density at radius 2 is 1.69 bits per heavy atom. The zero-order chi connectivity index (χ0) is 11.5. The maximum absolute atomic E-state index is 5.86. The Hall–Kier alpha value is -1.25. The zero-order valence-corrected chi connectivity index (χ0v) is 10.1. The van der Waals surface area contributed by atoms with E-state index in [4.69, 9.17) is 27.9 Å². The number of aromatic nitrogens is 1. The van der Waals surface area contributed by atoms with Crippen LogP contribution in [0.1, 0.15) is 0 Å². The Morgan fingerprint density at radius 1 is 1.06 bits per heavy atom. The van der Waals surface area contributed by atoms with Crippen LogP contribution in [0.2, 0.25) is 10.3 Å². The van der Waals surface area contributed by atoms with Gasteiger partial charge in [-0.15, -0.1) is 0 Å². The molecular formula is C12H9Cl2NO. The number of benzene rings is 1. The van der Waals surface area contributed by atoms with Crippen molar-refractivity contribution in [3.63, 3.8) is 0 Å². The first-order chi connectivity index (χ1) is 7.70. The Balaban J connectivity index is 2.58. The lowest BCUT2D eigenvalue weighted by Crippen LogP contribution is -1.88. The average molecular weight is 254 g/mol. The number of pyridine rings is 1. The van der Waals surface area contributed by atoms with Crippen molar-refractivity contribution in [3.05, 3.63) is 46.7 Å². The van der Waals surface area contributed by atoms with Gasteiger partial charge in [-0.05, 0) is 23.8 Å². The van der Waals surface area contributed by atoms with Crippen molar-refractivity contribution < 1.29 is 4.74 Å². The van der Waals surface area contributed by atoms with Crippen molar-refractivity contribution in [2.24, 2.45) is 0 Å². The van der Waals surface area contributed by atoms with Gasteiger partial charge >= 0.3 is 0 Å². The summed E-state index contributed by atoms with van der Waals surface area (Å²) in [5.41, 5.74) is 1.83. The van der Waals surface area contributed by atoms with Crippen LogP contribution in [-0.4, -0.2) is 12.1 Å². The molecule has 2 nitrogen and oxygen atoms in total. The van der Waals surface area contributed by atoms with Crippen LogP contribution >= 0.6 is 23.2 Å². The van der Waals surface area contributed by atoms with Gasteiger partial charge in [-0.3, -0.25) is 0 Å². The van der Waals surface area contributed by atoms with E-state index >= 15 is 0 Å². The van der Waals surface area contributed by atoms with Crippen molar-refractivity contribution in [2.75, 3.05) is 7.11 Å². The molecule has 0 unspecified atom stereocenters. The number of nitrogens with zero attached hydrogens (tertiary/aromatic N) is 1. The molecule has 0 spiro atoms. The molecule has 1 aromatic heterocycles. The largest absolute Gasteiger partial charge is 0.496 e. The summed E-state index contributed by atoms with van der Waals surface area (Å²) in [4.78, 5) is 3.91. The monoisotopic (exact) mass is 253 g/mol. The highest BCUT2D eigenvalue weighted by Gasteiger charge is 2.07. The molecule has 2 aromatic rings. The molecule has 0 fully saturated rings. The van der Waals surface area contributed by atoms with E-state index in [-0.39, 0.29) is 0 Å². The fourth-order valence-corrected chi connectivity index (χ4v) is 1.96. The number of ether oxygens (including phenoxy) is 1. The molecule has 0 bridgehead atoms. The molecule has 4 heteroatoms. The fourth-order valence-electron chi connectivity index (χ4n) is 1.50. The van der Waals surface area contributed by atoms with Gasteiger partial charge in [0, 0.05) is 5.56 Å². The molecule has 2 rings (SSSR count). The molecule has 82 valence electrons. The van der Waals surface area contributed by atoms with E-state index < -0.39 is 0 Å². The summed E-state index contributed by atoms with van der Waals surface area (Å²) < 4.78 is 5.27. The van der Waals surface area contributed by atoms with Crippen LogP contribution in [0.3, 0.4) is 0 Å². The molecule has 0 aliphatic carbocycles. The molecule has 16 heavy (non-hydrogen) atoms. The number of hydrogen-bond donors (Lipinski definition) is 0. The minimum Gasteiger partial charge on any atom is -0.496 e. The maximum Gasteiger partial charge on any atom is 0.131 e. The number of rotatable bonds is 2. The van der Waals surface area contributed by atoms with Crippen LogP contribution in [0.25, 0.3) is 11.1 Å². The van der Waals surface area contributed by atoms with E-state index in [0.717, 1.165) is 16.9 Å². The number of methoxy groups -OCH3 is 1. The van der Waals surface area contributed by atoms with E-state index in [9.17, 15) is 0 Å². The van der Waals surface area contributed by atoms with E-state index in [1.54, 1.807) is 19.2 Å². The van der Waals surface area contributed by atoms with Crippen LogP contribution in [0.15, 0.2) is 36.4 Å². The van der Waals surface area contributed by atoms with Crippen molar-refractivity contribution in [3.8, 4) is 16.9 Å². The highest BCUT2D eigenvalue weighted by molar-refractivity contribution is 6.32. The van der Waals surface area contributed by atoms with Crippen LogP contribution in [-0.2, 0) is 0 Å². The lowest BCUT2D eigenvalue weighted by Gasteiger charge is -2.08. The van der Waals surface area contributed by atoms with Gasteiger partial charge in [0.2, 0.25) is 0 Å². The number of halogens is 2. The lowest BCUT2D eigenvalue weighted by atomic mass is 10.1. The van der Waals surface area contributed by atoms with Crippen molar-refractivity contribution in [2.45, 2.75) is 0 Å².